The van der Waals surface area contributed by atoms with E-state index in [1.165, 1.54) is 11.1 Å². The topological polar surface area (TPSA) is 52.3 Å². The van der Waals surface area contributed by atoms with E-state index in [1.54, 1.807) is 0 Å². The number of ether oxygens (including phenoxy) is 1. The van der Waals surface area contributed by atoms with E-state index in [0.717, 1.165) is 5.56 Å². The van der Waals surface area contributed by atoms with Crippen molar-refractivity contribution in [3.05, 3.63) is 28.8 Å². The summed E-state index contributed by atoms with van der Waals surface area (Å²) in [7, 11) is 0. The first-order chi connectivity index (χ1) is 9.65. The van der Waals surface area contributed by atoms with Crippen molar-refractivity contribution in [3.8, 4) is 5.75 Å². The van der Waals surface area contributed by atoms with Crippen molar-refractivity contribution >= 4 is 6.09 Å². The third-order valence-corrected chi connectivity index (χ3v) is 3.69. The van der Waals surface area contributed by atoms with Crippen molar-refractivity contribution < 1.29 is 9.53 Å². The quantitative estimate of drug-likeness (QED) is 0.790. The van der Waals surface area contributed by atoms with Gasteiger partial charge < -0.3 is 10.5 Å². The fraction of sp³-hybridized carbons (Fsp3) is 0.632. The fourth-order valence-corrected chi connectivity index (χ4v) is 2.93. The van der Waals surface area contributed by atoms with Gasteiger partial charge in [0.15, 0.2) is 0 Å². The third-order valence-electron chi connectivity index (χ3n) is 3.69. The lowest BCUT2D eigenvalue weighted by atomic mass is 9.68. The van der Waals surface area contributed by atoms with Gasteiger partial charge in [0.05, 0.1) is 0 Å². The van der Waals surface area contributed by atoms with Gasteiger partial charge in [-0.05, 0) is 33.4 Å². The summed E-state index contributed by atoms with van der Waals surface area (Å²) in [5.41, 5.74) is 8.62. The van der Waals surface area contributed by atoms with Crippen molar-refractivity contribution in [2.75, 3.05) is 0 Å². The molecule has 0 fully saturated rings. The van der Waals surface area contributed by atoms with Crippen LogP contribution in [0.1, 0.15) is 79.0 Å². The van der Waals surface area contributed by atoms with E-state index < -0.39 is 6.09 Å². The normalized spacial score (nSPS) is 13.1. The Balaban J connectivity index is 3.88. The van der Waals surface area contributed by atoms with Crippen LogP contribution in [0.2, 0.25) is 0 Å². The van der Waals surface area contributed by atoms with E-state index in [1.807, 2.05) is 6.07 Å². The van der Waals surface area contributed by atoms with Gasteiger partial charge in [0.25, 0.3) is 0 Å². The molecule has 0 aliphatic heterocycles. The highest BCUT2D eigenvalue weighted by molar-refractivity contribution is 5.70. The van der Waals surface area contributed by atoms with Crippen LogP contribution in [0.3, 0.4) is 0 Å². The zero-order valence-electron chi connectivity index (χ0n) is 15.5. The van der Waals surface area contributed by atoms with E-state index >= 15 is 0 Å². The van der Waals surface area contributed by atoms with Crippen molar-refractivity contribution in [1.29, 1.82) is 0 Å². The Morgan fingerprint density at radius 1 is 0.818 bits per heavy atom. The Kier molecular flexibility index (Phi) is 4.72. The number of carbonyl (C=O) groups is 1. The van der Waals surface area contributed by atoms with E-state index in [4.69, 9.17) is 10.5 Å². The molecule has 0 aromatic heterocycles. The van der Waals surface area contributed by atoms with Crippen LogP contribution in [-0.2, 0) is 16.2 Å². The van der Waals surface area contributed by atoms with Gasteiger partial charge in [-0.3, -0.25) is 0 Å². The molecular formula is C19H31NO2. The molecule has 0 atom stereocenters. The van der Waals surface area contributed by atoms with Gasteiger partial charge in [-0.1, -0.05) is 68.4 Å². The number of nitrogens with two attached hydrogens (primary N) is 1. The number of amides is 1. The molecule has 0 spiro atoms. The largest absolute Gasteiger partial charge is 0.410 e. The van der Waals surface area contributed by atoms with Gasteiger partial charge in [-0.2, -0.15) is 0 Å². The molecule has 0 saturated carbocycles. The number of carbonyl (C=O) groups excluding carboxylic acids is 1. The van der Waals surface area contributed by atoms with E-state index in [0.29, 0.717) is 5.75 Å². The summed E-state index contributed by atoms with van der Waals surface area (Å²) >= 11 is 0. The molecular weight excluding hydrogens is 274 g/mol. The van der Waals surface area contributed by atoms with Gasteiger partial charge in [-0.25, -0.2) is 4.79 Å². The molecule has 0 aliphatic rings. The average Bonchev–Trinajstić information content (AvgIpc) is 2.22. The molecule has 3 heteroatoms. The van der Waals surface area contributed by atoms with Gasteiger partial charge >= 0.3 is 6.09 Å². The maximum atomic E-state index is 11.3. The standard InChI is InChI=1S/C19H31NO2/c1-17(2,3)12-10-11-13(22-16(20)21)15(19(7,8)9)14(12)18(4,5)6/h10-11H,1-9H3,(H2,20,21). The number of benzene rings is 1. The Morgan fingerprint density at radius 3 is 1.59 bits per heavy atom. The molecule has 1 aromatic rings. The summed E-state index contributed by atoms with van der Waals surface area (Å²) < 4.78 is 5.31. The second-order valence-electron chi connectivity index (χ2n) is 9.03. The molecule has 124 valence electrons. The zero-order chi connectivity index (χ0) is 17.5. The number of hydrogen-bond acceptors (Lipinski definition) is 2. The highest BCUT2D eigenvalue weighted by atomic mass is 16.5. The lowest BCUT2D eigenvalue weighted by Crippen LogP contribution is -2.29. The SMILES string of the molecule is CC(C)(C)c1ccc(OC(N)=O)c(C(C)(C)C)c1C(C)(C)C. The van der Waals surface area contributed by atoms with Crippen LogP contribution in [0.4, 0.5) is 4.79 Å². The Bertz CT molecular complexity index is 567. The van der Waals surface area contributed by atoms with Crippen LogP contribution >= 0.6 is 0 Å². The van der Waals surface area contributed by atoms with E-state index in [2.05, 4.69) is 68.4 Å². The molecule has 22 heavy (non-hydrogen) atoms. The molecule has 3 nitrogen and oxygen atoms in total. The monoisotopic (exact) mass is 305 g/mol. The van der Waals surface area contributed by atoms with Gasteiger partial charge in [0.2, 0.25) is 0 Å². The predicted molar refractivity (Wildman–Crippen MR) is 92.8 cm³/mol. The number of rotatable bonds is 1. The van der Waals surface area contributed by atoms with Gasteiger partial charge in [-0.15, -0.1) is 0 Å². The summed E-state index contributed by atoms with van der Waals surface area (Å²) in [6.07, 6.45) is -0.770. The molecule has 1 rings (SSSR count). The van der Waals surface area contributed by atoms with Crippen molar-refractivity contribution in [2.45, 2.75) is 78.6 Å². The van der Waals surface area contributed by atoms with Crippen molar-refractivity contribution in [2.24, 2.45) is 5.73 Å². The summed E-state index contributed by atoms with van der Waals surface area (Å²) in [5.74, 6) is 0.568. The predicted octanol–water partition coefficient (Wildman–Crippen LogP) is 5.04. The summed E-state index contributed by atoms with van der Waals surface area (Å²) in [4.78, 5) is 11.3. The summed E-state index contributed by atoms with van der Waals surface area (Å²) in [6, 6.07) is 3.94. The number of primary amides is 1. The second-order valence-corrected chi connectivity index (χ2v) is 9.03. The molecule has 1 aromatic carbocycles. The van der Waals surface area contributed by atoms with E-state index in [9.17, 15) is 4.79 Å². The minimum Gasteiger partial charge on any atom is -0.410 e. The first-order valence-electron chi connectivity index (χ1n) is 7.81. The van der Waals surface area contributed by atoms with Crippen LogP contribution in [0.5, 0.6) is 5.75 Å². The van der Waals surface area contributed by atoms with Crippen molar-refractivity contribution in [1.82, 2.24) is 0 Å². The minimum absolute atomic E-state index is 0.00780. The molecule has 2 N–H and O–H groups in total. The second kappa shape index (κ2) is 5.60. The van der Waals surface area contributed by atoms with Crippen LogP contribution in [-0.4, -0.2) is 6.09 Å². The lowest BCUT2D eigenvalue weighted by Gasteiger charge is -2.37. The summed E-state index contributed by atoms with van der Waals surface area (Å²) in [5, 5.41) is 0. The smallest absolute Gasteiger partial charge is 0.409 e. The molecule has 0 bridgehead atoms. The molecule has 0 heterocycles. The zero-order valence-corrected chi connectivity index (χ0v) is 15.5. The molecule has 0 aliphatic carbocycles. The molecule has 0 unspecified atom stereocenters. The highest BCUT2D eigenvalue weighted by Gasteiger charge is 2.34. The van der Waals surface area contributed by atoms with Crippen LogP contribution < -0.4 is 10.5 Å². The number of hydrogen-bond donors (Lipinski definition) is 1. The first kappa shape index (κ1) is 18.5. The van der Waals surface area contributed by atoms with Crippen LogP contribution in [0.15, 0.2) is 12.1 Å². The lowest BCUT2D eigenvalue weighted by molar-refractivity contribution is 0.209. The maximum absolute atomic E-state index is 11.3. The minimum atomic E-state index is -0.770. The first-order valence-corrected chi connectivity index (χ1v) is 7.81. The Labute approximate surface area is 135 Å². The fourth-order valence-electron chi connectivity index (χ4n) is 2.93. The van der Waals surface area contributed by atoms with Crippen molar-refractivity contribution in [3.63, 3.8) is 0 Å². The van der Waals surface area contributed by atoms with Gasteiger partial charge in [0, 0.05) is 5.56 Å². The third kappa shape index (κ3) is 4.02. The maximum Gasteiger partial charge on any atom is 0.409 e. The van der Waals surface area contributed by atoms with Gasteiger partial charge in [0.1, 0.15) is 5.75 Å². The van der Waals surface area contributed by atoms with E-state index in [-0.39, 0.29) is 16.2 Å². The Morgan fingerprint density at radius 2 is 1.27 bits per heavy atom. The average molecular weight is 305 g/mol. The molecule has 1 amide bonds. The van der Waals surface area contributed by atoms with Crippen LogP contribution in [0, 0.1) is 0 Å². The van der Waals surface area contributed by atoms with Crippen LogP contribution in [0.25, 0.3) is 0 Å². The highest BCUT2D eigenvalue weighted by Crippen LogP contribution is 2.44. The summed E-state index contributed by atoms with van der Waals surface area (Å²) in [6.45, 7) is 19.6. The Hall–Kier alpha value is -1.51. The molecule has 0 saturated heterocycles. The molecule has 0 radical (unpaired) electrons.